The number of nitrogens with zero attached hydrogens (tertiary/aromatic N) is 3. The van der Waals surface area contributed by atoms with Crippen molar-refractivity contribution in [3.05, 3.63) is 152 Å². The van der Waals surface area contributed by atoms with Crippen LogP contribution in [0.3, 0.4) is 0 Å². The molecule has 0 saturated carbocycles. The molecule has 0 radical (unpaired) electrons. The van der Waals surface area contributed by atoms with Crippen molar-refractivity contribution >= 4 is 42.7 Å². The van der Waals surface area contributed by atoms with E-state index in [9.17, 15) is 0 Å². The first-order valence-corrected chi connectivity index (χ1v) is 20.1. The first-order valence-electron chi connectivity index (χ1n) is 14.6. The van der Waals surface area contributed by atoms with Crippen LogP contribution >= 0.6 is 15.8 Å². The smallest absolute Gasteiger partial charge is 0.362 e. The maximum Gasteiger partial charge on any atom is 2.00 e. The summed E-state index contributed by atoms with van der Waals surface area (Å²) in [4.78, 5) is 2.62. The van der Waals surface area contributed by atoms with E-state index in [-0.39, 0.29) is 20.4 Å². The zero-order chi connectivity index (χ0) is 38.1. The van der Waals surface area contributed by atoms with E-state index < -0.39 is 36.3 Å². The number of nitriles is 2. The van der Waals surface area contributed by atoms with E-state index in [2.05, 4.69) is 157 Å². The van der Waals surface area contributed by atoms with Gasteiger partial charge in [-0.1, -0.05) is 140 Å². The van der Waals surface area contributed by atoms with Crippen LogP contribution < -0.4 is 63.4 Å². The molecule has 0 amide bonds. The van der Waals surface area contributed by atoms with Gasteiger partial charge in [0.15, 0.2) is 0 Å². The Morgan fingerprint density at radius 3 is 0.808 bits per heavy atom. The summed E-state index contributed by atoms with van der Waals surface area (Å²) in [7, 11) is -11.0. The summed E-state index contributed by atoms with van der Waals surface area (Å²) in [5, 5.41) is 20.3. The standard InChI is InChI=1S/C32H29NP2.2C2H3N.2ClHO4.Pd/c1-6-16-28(17-7-1)33(26-34(29-18-8-2-9-19-29)30-20-10-3-11-21-30)27-35(31-22-12-4-13-23-31)32-24-14-5-15-25-32;2*1-2-3;2*2-1(3,4)5;/h1-25H,26-27H2;2*1H3;2*(H,2,3,4,5);/q;;;;;+2/p-2. The average Bonchev–Trinajstić information content (AvgIpc) is 3.10. The number of benzene rings is 5. The van der Waals surface area contributed by atoms with Crippen LogP contribution in [0.15, 0.2) is 152 Å². The van der Waals surface area contributed by atoms with Crippen LogP contribution in [0, 0.1) is 43.1 Å². The van der Waals surface area contributed by atoms with Crippen LogP contribution in [0.2, 0.25) is 0 Å². The van der Waals surface area contributed by atoms with Crippen LogP contribution in [0.1, 0.15) is 13.8 Å². The molecule has 0 fully saturated rings. The minimum atomic E-state index is -4.94. The molecule has 5 aromatic carbocycles. The molecule has 5 rings (SSSR count). The topological polar surface area (TPSA) is 235 Å². The van der Waals surface area contributed by atoms with Gasteiger partial charge in [0.1, 0.15) is 0 Å². The maximum absolute atomic E-state index is 8.49. The first-order chi connectivity index (χ1) is 24.2. The Kier molecular flexibility index (Phi) is 25.5. The van der Waals surface area contributed by atoms with Gasteiger partial charge in [0.25, 0.3) is 0 Å². The Balaban J connectivity index is 0.00000130. The van der Waals surface area contributed by atoms with Gasteiger partial charge in [-0.05, 0) is 49.2 Å². The molecule has 0 N–H and O–H groups in total. The van der Waals surface area contributed by atoms with Crippen molar-refractivity contribution in [3.63, 3.8) is 0 Å². The van der Waals surface area contributed by atoms with Gasteiger partial charge in [-0.3, -0.25) is 0 Å². The number of rotatable bonds is 9. The summed E-state index contributed by atoms with van der Waals surface area (Å²) in [6, 6.07) is 58.6. The van der Waals surface area contributed by atoms with E-state index >= 15 is 0 Å². The summed E-state index contributed by atoms with van der Waals surface area (Å²) in [5.74, 6) is 0. The SMILES string of the molecule is CC#N.CC#N.[O-][Cl+3]([O-])([O-])[O-].[O-][Cl+3]([O-])([O-])[O-].[Pd+2].c1ccc(N(CP(c2ccccc2)c2ccccc2)CP(c2ccccc2)c2ccccc2)cc1. The van der Waals surface area contributed by atoms with Crippen molar-refractivity contribution in [1.29, 1.82) is 10.5 Å². The predicted octanol–water partition coefficient (Wildman–Crippen LogP) is -1.78. The van der Waals surface area contributed by atoms with Crippen LogP contribution in [-0.2, 0) is 20.4 Å². The molecule has 0 spiro atoms. The van der Waals surface area contributed by atoms with E-state index in [0.717, 1.165) is 12.6 Å². The molecule has 0 atom stereocenters. The fourth-order valence-electron chi connectivity index (χ4n) is 4.24. The van der Waals surface area contributed by atoms with Crippen LogP contribution in [0.5, 0.6) is 0 Å². The summed E-state index contributed by atoms with van der Waals surface area (Å²) < 4.78 is 67.9. The Morgan fingerprint density at radius 1 is 0.442 bits per heavy atom. The molecular weight excluding hydrogens is 842 g/mol. The summed E-state index contributed by atoms with van der Waals surface area (Å²) in [6.45, 7) is 2.86. The molecule has 276 valence electrons. The molecule has 0 aromatic heterocycles. The van der Waals surface area contributed by atoms with Crippen LogP contribution in [0.4, 0.5) is 5.69 Å². The van der Waals surface area contributed by atoms with Gasteiger partial charge in [-0.15, -0.1) is 20.5 Å². The Bertz CT molecular complexity index is 1500. The fraction of sp³-hybridized carbons (Fsp3) is 0.111. The van der Waals surface area contributed by atoms with Gasteiger partial charge < -0.3 is 4.90 Å². The average molecular weight is 877 g/mol. The molecule has 0 unspecified atom stereocenters. The Hall–Kier alpha value is -3.34. The molecule has 0 bridgehead atoms. The zero-order valence-electron chi connectivity index (χ0n) is 27.9. The van der Waals surface area contributed by atoms with Crippen molar-refractivity contribution < 1.29 is 78.2 Å². The molecule has 16 heteroatoms. The normalized spacial score (nSPS) is 10.0. The summed E-state index contributed by atoms with van der Waals surface area (Å²) >= 11 is 0. The fourth-order valence-corrected chi connectivity index (χ4v) is 8.99. The van der Waals surface area contributed by atoms with Crippen LogP contribution in [-0.4, -0.2) is 12.6 Å². The van der Waals surface area contributed by atoms with Gasteiger partial charge in [0.2, 0.25) is 0 Å². The number of hydrogen-bond acceptors (Lipinski definition) is 11. The predicted molar refractivity (Wildman–Crippen MR) is 179 cm³/mol. The molecule has 0 heterocycles. The number of hydrogen-bond donors (Lipinski definition) is 0. The van der Waals surface area contributed by atoms with Gasteiger partial charge in [0.05, 0.1) is 12.1 Å². The molecule has 52 heavy (non-hydrogen) atoms. The summed E-state index contributed by atoms with van der Waals surface area (Å²) in [6.07, 6.45) is 1.96. The number of anilines is 1. The first kappa shape index (κ1) is 48.7. The van der Waals surface area contributed by atoms with Gasteiger partial charge in [-0.2, -0.15) is 10.5 Å². The monoisotopic (exact) mass is 875 g/mol. The van der Waals surface area contributed by atoms with Crippen molar-refractivity contribution in [1.82, 2.24) is 0 Å². The maximum atomic E-state index is 8.49. The molecule has 11 nitrogen and oxygen atoms in total. The summed E-state index contributed by atoms with van der Waals surface area (Å²) in [5.41, 5.74) is 1.28. The third kappa shape index (κ3) is 23.3. The van der Waals surface area contributed by atoms with Crippen LogP contribution in [0.25, 0.3) is 0 Å². The molecule has 0 aliphatic heterocycles. The van der Waals surface area contributed by atoms with Crippen molar-refractivity contribution in [2.75, 3.05) is 17.5 Å². The number of halogens is 2. The van der Waals surface area contributed by atoms with Gasteiger partial charge in [0, 0.05) is 32.1 Å². The largest absolute Gasteiger partial charge is 2.00 e. The molecule has 0 aliphatic carbocycles. The van der Waals surface area contributed by atoms with Crippen molar-refractivity contribution in [2.45, 2.75) is 13.8 Å². The van der Waals surface area contributed by atoms with E-state index in [1.54, 1.807) is 12.1 Å². The Labute approximate surface area is 324 Å². The second-order valence-corrected chi connectivity index (χ2v) is 15.4. The quantitative estimate of drug-likeness (QED) is 0.119. The minimum Gasteiger partial charge on any atom is -0.362 e. The second kappa shape index (κ2) is 27.3. The minimum absolute atomic E-state index is 0. The molecule has 0 saturated heterocycles. The Morgan fingerprint density at radius 2 is 0.615 bits per heavy atom. The van der Waals surface area contributed by atoms with Crippen molar-refractivity contribution in [3.8, 4) is 12.1 Å². The number of para-hydroxylation sites is 1. The van der Waals surface area contributed by atoms with Gasteiger partial charge in [-0.25, -0.2) is 37.3 Å². The molecule has 5 aromatic rings. The molecular formula is C36H35Cl2N3O8P2Pd. The van der Waals surface area contributed by atoms with Gasteiger partial charge >= 0.3 is 20.4 Å². The molecule has 0 aliphatic rings. The van der Waals surface area contributed by atoms with E-state index in [4.69, 9.17) is 47.8 Å². The zero-order valence-corrected chi connectivity index (χ0v) is 32.8. The third-order valence-corrected chi connectivity index (χ3v) is 11.0. The van der Waals surface area contributed by atoms with E-state index in [1.807, 2.05) is 0 Å². The van der Waals surface area contributed by atoms with E-state index in [1.165, 1.54) is 40.8 Å². The third-order valence-electron chi connectivity index (χ3n) is 6.02. The van der Waals surface area contributed by atoms with E-state index in [0.29, 0.717) is 0 Å². The second-order valence-electron chi connectivity index (χ2n) is 9.56. The van der Waals surface area contributed by atoms with Crippen molar-refractivity contribution in [2.24, 2.45) is 0 Å².